The lowest BCUT2D eigenvalue weighted by molar-refractivity contribution is -0.134. The SMILES string of the molecule is COc1cc2c(cc1F)CCC2N1CCN(C(=O)C2CC2)CC1. The molecule has 124 valence electrons. The van der Waals surface area contributed by atoms with Crippen LogP contribution in [0.5, 0.6) is 5.75 Å². The maximum atomic E-state index is 13.9. The number of rotatable bonds is 3. The van der Waals surface area contributed by atoms with E-state index in [4.69, 9.17) is 4.74 Å². The number of aryl methyl sites for hydroxylation is 1. The third-order valence-electron chi connectivity index (χ3n) is 5.45. The van der Waals surface area contributed by atoms with Gasteiger partial charge < -0.3 is 9.64 Å². The highest BCUT2D eigenvalue weighted by molar-refractivity contribution is 5.81. The van der Waals surface area contributed by atoms with Crippen molar-refractivity contribution in [2.45, 2.75) is 31.7 Å². The summed E-state index contributed by atoms with van der Waals surface area (Å²) in [6.07, 6.45) is 4.08. The Kier molecular flexibility index (Phi) is 3.76. The van der Waals surface area contributed by atoms with Crippen LogP contribution in [0.2, 0.25) is 0 Å². The summed E-state index contributed by atoms with van der Waals surface area (Å²) < 4.78 is 19.0. The van der Waals surface area contributed by atoms with Gasteiger partial charge in [0.2, 0.25) is 5.91 Å². The topological polar surface area (TPSA) is 32.8 Å². The van der Waals surface area contributed by atoms with Crippen LogP contribution in [-0.4, -0.2) is 49.0 Å². The molecule has 1 aromatic carbocycles. The molecule has 4 rings (SSSR count). The van der Waals surface area contributed by atoms with Crippen molar-refractivity contribution in [3.8, 4) is 5.75 Å². The summed E-state index contributed by atoms with van der Waals surface area (Å²) in [5.74, 6) is 0.714. The Balaban J connectivity index is 1.46. The minimum Gasteiger partial charge on any atom is -0.494 e. The number of hydrogen-bond acceptors (Lipinski definition) is 3. The van der Waals surface area contributed by atoms with Crippen molar-refractivity contribution < 1.29 is 13.9 Å². The number of hydrogen-bond donors (Lipinski definition) is 0. The molecule has 0 aromatic heterocycles. The first-order valence-electron chi connectivity index (χ1n) is 8.56. The van der Waals surface area contributed by atoms with Gasteiger partial charge in [0.05, 0.1) is 7.11 Å². The van der Waals surface area contributed by atoms with Crippen LogP contribution in [0.15, 0.2) is 12.1 Å². The monoisotopic (exact) mass is 318 g/mol. The van der Waals surface area contributed by atoms with E-state index in [1.165, 1.54) is 12.7 Å². The molecule has 1 unspecified atom stereocenters. The standard InChI is InChI=1S/C18H23FN2O2/c1-23-17-11-14-13(10-15(17)19)4-5-16(14)20-6-8-21(9-7-20)18(22)12-2-3-12/h10-12,16H,2-9H2,1H3. The molecule has 5 heteroatoms. The number of ether oxygens (including phenoxy) is 1. The highest BCUT2D eigenvalue weighted by Crippen LogP contribution is 2.39. The zero-order valence-corrected chi connectivity index (χ0v) is 13.6. The molecule has 0 N–H and O–H groups in total. The van der Waals surface area contributed by atoms with Gasteiger partial charge >= 0.3 is 0 Å². The van der Waals surface area contributed by atoms with Crippen molar-refractivity contribution in [1.82, 2.24) is 9.80 Å². The van der Waals surface area contributed by atoms with Gasteiger partial charge in [-0.1, -0.05) is 0 Å². The molecule has 2 fully saturated rings. The Bertz CT molecular complexity index is 622. The fourth-order valence-electron chi connectivity index (χ4n) is 3.96. The van der Waals surface area contributed by atoms with Gasteiger partial charge in [-0.2, -0.15) is 0 Å². The summed E-state index contributed by atoms with van der Waals surface area (Å²) in [5, 5.41) is 0. The van der Waals surface area contributed by atoms with Gasteiger partial charge in [-0.15, -0.1) is 0 Å². The quantitative estimate of drug-likeness (QED) is 0.858. The molecule has 1 aromatic rings. The molecule has 0 radical (unpaired) electrons. The van der Waals surface area contributed by atoms with Crippen molar-refractivity contribution >= 4 is 5.91 Å². The number of amides is 1. The highest BCUT2D eigenvalue weighted by Gasteiger charge is 2.36. The first kappa shape index (κ1) is 14.9. The van der Waals surface area contributed by atoms with Crippen LogP contribution in [0.4, 0.5) is 4.39 Å². The molecule has 3 aliphatic rings. The number of nitrogens with zero attached hydrogens (tertiary/aromatic N) is 2. The van der Waals surface area contributed by atoms with E-state index in [1.54, 1.807) is 6.07 Å². The first-order chi connectivity index (χ1) is 11.2. The molecule has 1 atom stereocenters. The zero-order chi connectivity index (χ0) is 16.0. The predicted octanol–water partition coefficient (Wildman–Crippen LogP) is 2.38. The molecule has 1 amide bonds. The normalized spacial score (nSPS) is 24.6. The molecule has 1 saturated heterocycles. The third-order valence-corrected chi connectivity index (χ3v) is 5.45. The Morgan fingerprint density at radius 1 is 1.17 bits per heavy atom. The molecule has 23 heavy (non-hydrogen) atoms. The third kappa shape index (κ3) is 2.71. The maximum Gasteiger partial charge on any atom is 0.225 e. The van der Waals surface area contributed by atoms with Crippen LogP contribution in [-0.2, 0) is 11.2 Å². The van der Waals surface area contributed by atoms with E-state index in [-0.39, 0.29) is 5.82 Å². The zero-order valence-electron chi connectivity index (χ0n) is 13.6. The lowest BCUT2D eigenvalue weighted by Gasteiger charge is -2.38. The van der Waals surface area contributed by atoms with E-state index >= 15 is 0 Å². The van der Waals surface area contributed by atoms with E-state index in [1.807, 2.05) is 11.0 Å². The van der Waals surface area contributed by atoms with Crippen LogP contribution in [0.25, 0.3) is 0 Å². The number of carbonyl (C=O) groups excluding carboxylic acids is 1. The molecule has 4 nitrogen and oxygen atoms in total. The minimum atomic E-state index is -0.272. The fraction of sp³-hybridized carbons (Fsp3) is 0.611. The second-order valence-electron chi connectivity index (χ2n) is 6.88. The molecular weight excluding hydrogens is 295 g/mol. The number of piperazine rings is 1. The lowest BCUT2D eigenvalue weighted by atomic mass is 10.0. The van der Waals surface area contributed by atoms with E-state index in [2.05, 4.69) is 4.90 Å². The van der Waals surface area contributed by atoms with E-state index in [9.17, 15) is 9.18 Å². The Morgan fingerprint density at radius 3 is 2.57 bits per heavy atom. The summed E-state index contributed by atoms with van der Waals surface area (Å²) in [5.41, 5.74) is 2.30. The Morgan fingerprint density at radius 2 is 1.91 bits per heavy atom. The molecule has 1 aliphatic heterocycles. The van der Waals surface area contributed by atoms with Crippen LogP contribution in [0, 0.1) is 11.7 Å². The van der Waals surface area contributed by atoms with E-state index in [0.717, 1.165) is 57.4 Å². The van der Waals surface area contributed by atoms with Crippen molar-refractivity contribution in [2.75, 3.05) is 33.3 Å². The van der Waals surface area contributed by atoms with Crippen LogP contribution in [0.3, 0.4) is 0 Å². The van der Waals surface area contributed by atoms with E-state index in [0.29, 0.717) is 23.6 Å². The lowest BCUT2D eigenvalue weighted by Crippen LogP contribution is -2.49. The average molecular weight is 318 g/mol. The van der Waals surface area contributed by atoms with Crippen molar-refractivity contribution in [1.29, 1.82) is 0 Å². The molecule has 2 aliphatic carbocycles. The largest absolute Gasteiger partial charge is 0.494 e. The second kappa shape index (κ2) is 5.78. The summed E-state index contributed by atoms with van der Waals surface area (Å²) >= 11 is 0. The molecular formula is C18H23FN2O2. The summed E-state index contributed by atoms with van der Waals surface area (Å²) in [7, 11) is 1.51. The average Bonchev–Trinajstić information content (AvgIpc) is 3.34. The molecule has 0 bridgehead atoms. The van der Waals surface area contributed by atoms with Crippen LogP contribution in [0.1, 0.15) is 36.4 Å². The first-order valence-corrected chi connectivity index (χ1v) is 8.56. The van der Waals surface area contributed by atoms with Gasteiger partial charge in [-0.3, -0.25) is 9.69 Å². The maximum absolute atomic E-state index is 13.9. The van der Waals surface area contributed by atoms with Crippen LogP contribution < -0.4 is 4.74 Å². The van der Waals surface area contributed by atoms with Gasteiger partial charge in [0.1, 0.15) is 0 Å². The van der Waals surface area contributed by atoms with Crippen LogP contribution >= 0.6 is 0 Å². The Labute approximate surface area is 136 Å². The highest BCUT2D eigenvalue weighted by atomic mass is 19.1. The summed E-state index contributed by atoms with van der Waals surface area (Å²) in [4.78, 5) is 16.6. The number of fused-ring (bicyclic) bond motifs is 1. The van der Waals surface area contributed by atoms with Crippen molar-refractivity contribution in [3.05, 3.63) is 29.1 Å². The number of carbonyl (C=O) groups is 1. The minimum absolute atomic E-state index is 0.272. The van der Waals surface area contributed by atoms with E-state index < -0.39 is 0 Å². The van der Waals surface area contributed by atoms with Crippen molar-refractivity contribution in [3.63, 3.8) is 0 Å². The smallest absolute Gasteiger partial charge is 0.225 e. The number of methoxy groups -OCH3 is 1. The van der Waals surface area contributed by atoms with Gasteiger partial charge in [0, 0.05) is 38.1 Å². The second-order valence-corrected chi connectivity index (χ2v) is 6.88. The van der Waals surface area contributed by atoms with Gasteiger partial charge in [0.15, 0.2) is 11.6 Å². The van der Waals surface area contributed by atoms with Crippen molar-refractivity contribution in [2.24, 2.45) is 5.92 Å². The molecule has 1 heterocycles. The van der Waals surface area contributed by atoms with Gasteiger partial charge in [-0.25, -0.2) is 4.39 Å². The molecule has 1 saturated carbocycles. The number of benzene rings is 1. The van der Waals surface area contributed by atoms with Gasteiger partial charge in [-0.05, 0) is 48.9 Å². The van der Waals surface area contributed by atoms with Gasteiger partial charge in [0.25, 0.3) is 0 Å². The summed E-state index contributed by atoms with van der Waals surface area (Å²) in [6, 6.07) is 3.82. The summed E-state index contributed by atoms with van der Waals surface area (Å²) in [6.45, 7) is 3.45. The fourth-order valence-corrected chi connectivity index (χ4v) is 3.96. The molecule has 0 spiro atoms. The Hall–Kier alpha value is -1.62. The predicted molar refractivity (Wildman–Crippen MR) is 84.9 cm³/mol. The number of halogens is 1.